The van der Waals surface area contributed by atoms with E-state index in [1.807, 2.05) is 11.8 Å². The number of rotatable bonds is 6. The Bertz CT molecular complexity index is 1950. The number of fused-ring (bicyclic) bond motifs is 1. The topological polar surface area (TPSA) is 118 Å². The molecule has 10 nitrogen and oxygen atoms in total. The van der Waals surface area contributed by atoms with Crippen LogP contribution >= 0.6 is 11.6 Å². The second-order valence-electron chi connectivity index (χ2n) is 10.6. The van der Waals surface area contributed by atoms with Gasteiger partial charge in [0.15, 0.2) is 20.5 Å². The van der Waals surface area contributed by atoms with Gasteiger partial charge in [0.25, 0.3) is 0 Å². The molecule has 0 spiro atoms. The van der Waals surface area contributed by atoms with E-state index in [9.17, 15) is 22.4 Å². The first kappa shape index (κ1) is 30.3. The van der Waals surface area contributed by atoms with Crippen LogP contribution in [0.2, 0.25) is 5.02 Å². The zero-order valence-electron chi connectivity index (χ0n) is 24.1. The van der Waals surface area contributed by atoms with E-state index in [0.717, 1.165) is 4.57 Å². The molecule has 3 aromatic heterocycles. The third-order valence-electron chi connectivity index (χ3n) is 7.52. The van der Waals surface area contributed by atoms with Crippen LogP contribution in [0.15, 0.2) is 65.1 Å². The first-order valence-corrected chi connectivity index (χ1v) is 15.5. The quantitative estimate of drug-likeness (QED) is 0.291. The zero-order chi connectivity index (χ0) is 31.2. The molecule has 1 fully saturated rings. The van der Waals surface area contributed by atoms with Crippen LogP contribution in [-0.4, -0.2) is 69.7 Å². The molecule has 0 unspecified atom stereocenters. The number of sulfone groups is 1. The summed E-state index contributed by atoms with van der Waals surface area (Å²) in [6.07, 6.45) is 2.62. The second kappa shape index (κ2) is 11.5. The number of benzene rings is 1. The first-order chi connectivity index (χ1) is 20.4. The molecular weight excluding hydrogens is 595 g/mol. The van der Waals surface area contributed by atoms with E-state index >= 15 is 0 Å². The standard InChI is InChI=1S/C30H30ClFN6O4S/c1-6-24(39)36-13-14-37(19(5)16-36)27-21-15-22(31)25(20-9-7-8-10-23(20)32)34-28(21)38(30(40)35-27)26-18(4)11-12-33-29(26)43(41,42)17(2)3/h6-12,15,17,19H,1,13-14,16H2,2-5H3/t19-/m0/s1. The number of piperazine rings is 1. The molecular formula is C30H30ClFN6O4S. The third kappa shape index (κ3) is 5.29. The van der Waals surface area contributed by atoms with Gasteiger partial charge in [0.1, 0.15) is 11.6 Å². The number of hydrogen-bond donors (Lipinski definition) is 0. The highest BCUT2D eigenvalue weighted by Gasteiger charge is 2.32. The van der Waals surface area contributed by atoms with E-state index in [0.29, 0.717) is 30.6 Å². The molecule has 1 aliphatic heterocycles. The van der Waals surface area contributed by atoms with Gasteiger partial charge in [0.05, 0.1) is 27.0 Å². The molecule has 1 atom stereocenters. The fraction of sp³-hybridized carbons (Fsp3) is 0.300. The van der Waals surface area contributed by atoms with Gasteiger partial charge < -0.3 is 9.80 Å². The largest absolute Gasteiger partial charge is 0.355 e. The van der Waals surface area contributed by atoms with Crippen molar-refractivity contribution in [3.05, 3.63) is 82.1 Å². The number of amides is 1. The van der Waals surface area contributed by atoms with Crippen molar-refractivity contribution in [3.63, 3.8) is 0 Å². The Kier molecular flexibility index (Phi) is 8.10. The van der Waals surface area contributed by atoms with Gasteiger partial charge in [-0.25, -0.2) is 32.1 Å². The molecule has 1 aliphatic rings. The Labute approximate surface area is 253 Å². The average Bonchev–Trinajstić information content (AvgIpc) is 2.97. The van der Waals surface area contributed by atoms with Gasteiger partial charge in [-0.1, -0.05) is 30.3 Å². The van der Waals surface area contributed by atoms with Gasteiger partial charge in [-0.3, -0.25) is 4.79 Å². The van der Waals surface area contributed by atoms with E-state index in [4.69, 9.17) is 16.6 Å². The van der Waals surface area contributed by atoms with Crippen LogP contribution in [-0.2, 0) is 14.6 Å². The van der Waals surface area contributed by atoms with Crippen molar-refractivity contribution in [2.75, 3.05) is 24.5 Å². The lowest BCUT2D eigenvalue weighted by Crippen LogP contribution is -2.54. The lowest BCUT2D eigenvalue weighted by Gasteiger charge is -2.40. The molecule has 0 aliphatic carbocycles. The van der Waals surface area contributed by atoms with Crippen molar-refractivity contribution < 1.29 is 17.6 Å². The van der Waals surface area contributed by atoms with Crippen LogP contribution in [0, 0.1) is 12.7 Å². The number of aryl methyl sites for hydroxylation is 1. The smallest absolute Gasteiger partial charge is 0.350 e. The molecule has 0 radical (unpaired) electrons. The molecule has 43 heavy (non-hydrogen) atoms. The summed E-state index contributed by atoms with van der Waals surface area (Å²) in [7, 11) is -3.97. The third-order valence-corrected chi connectivity index (χ3v) is 9.89. The van der Waals surface area contributed by atoms with Crippen molar-refractivity contribution in [2.45, 2.75) is 44.0 Å². The summed E-state index contributed by atoms with van der Waals surface area (Å²) in [6.45, 7) is 11.2. The van der Waals surface area contributed by atoms with Crippen LogP contribution in [0.3, 0.4) is 0 Å². The molecule has 0 bridgehead atoms. The van der Waals surface area contributed by atoms with Crippen molar-refractivity contribution in [3.8, 4) is 16.9 Å². The minimum atomic E-state index is -3.97. The number of nitrogens with zero attached hydrogens (tertiary/aromatic N) is 6. The number of carbonyl (C=O) groups excluding carboxylic acids is 1. The molecule has 224 valence electrons. The Morgan fingerprint density at radius 2 is 1.91 bits per heavy atom. The van der Waals surface area contributed by atoms with Crippen LogP contribution in [0.5, 0.6) is 0 Å². The number of aromatic nitrogens is 4. The lowest BCUT2D eigenvalue weighted by molar-refractivity contribution is -0.126. The highest BCUT2D eigenvalue weighted by Crippen LogP contribution is 2.36. The molecule has 4 heterocycles. The van der Waals surface area contributed by atoms with Gasteiger partial charge in [-0.15, -0.1) is 0 Å². The summed E-state index contributed by atoms with van der Waals surface area (Å²) < 4.78 is 43.0. The van der Waals surface area contributed by atoms with Crippen molar-refractivity contribution in [2.24, 2.45) is 0 Å². The molecule has 0 N–H and O–H groups in total. The number of hydrogen-bond acceptors (Lipinski definition) is 8. The molecule has 13 heteroatoms. The lowest BCUT2D eigenvalue weighted by atomic mass is 10.1. The average molecular weight is 625 g/mol. The molecule has 1 aromatic carbocycles. The molecule has 1 saturated heterocycles. The van der Waals surface area contributed by atoms with Crippen molar-refractivity contribution in [1.29, 1.82) is 0 Å². The predicted molar refractivity (Wildman–Crippen MR) is 164 cm³/mol. The van der Waals surface area contributed by atoms with E-state index in [-0.39, 0.29) is 50.4 Å². The second-order valence-corrected chi connectivity index (χ2v) is 13.5. The normalized spacial score (nSPS) is 15.7. The summed E-state index contributed by atoms with van der Waals surface area (Å²) in [5, 5.41) is -0.677. The summed E-state index contributed by atoms with van der Waals surface area (Å²) in [4.78, 5) is 43.1. The molecule has 1 amide bonds. The van der Waals surface area contributed by atoms with Gasteiger partial charge in [-0.05, 0) is 63.6 Å². The van der Waals surface area contributed by atoms with Crippen LogP contribution in [0.4, 0.5) is 10.2 Å². The molecule has 4 aromatic rings. The molecule has 0 saturated carbocycles. The fourth-order valence-corrected chi connectivity index (χ4v) is 6.63. The predicted octanol–water partition coefficient (Wildman–Crippen LogP) is 4.35. The SMILES string of the molecule is C=CC(=O)N1CCN(c2nc(=O)n(-c3c(C)ccnc3S(=O)(=O)C(C)C)c3nc(-c4ccccc4F)c(Cl)cc23)[C@@H](C)C1. The Morgan fingerprint density at radius 1 is 1.19 bits per heavy atom. The first-order valence-electron chi connectivity index (χ1n) is 13.6. The Hall–Kier alpha value is -4.16. The maximum atomic E-state index is 15.0. The van der Waals surface area contributed by atoms with Gasteiger partial charge in [-0.2, -0.15) is 4.98 Å². The number of halogens is 2. The zero-order valence-corrected chi connectivity index (χ0v) is 25.7. The van der Waals surface area contributed by atoms with Gasteiger partial charge in [0.2, 0.25) is 5.91 Å². The molecule has 5 rings (SSSR count). The maximum absolute atomic E-state index is 15.0. The van der Waals surface area contributed by atoms with Crippen LogP contribution in [0.25, 0.3) is 28.0 Å². The highest BCUT2D eigenvalue weighted by molar-refractivity contribution is 7.92. The van der Waals surface area contributed by atoms with Gasteiger partial charge >= 0.3 is 5.69 Å². The van der Waals surface area contributed by atoms with E-state index in [2.05, 4.69) is 16.5 Å². The van der Waals surface area contributed by atoms with Crippen molar-refractivity contribution >= 4 is 44.2 Å². The van der Waals surface area contributed by atoms with E-state index < -0.39 is 26.6 Å². The van der Waals surface area contributed by atoms with Crippen LogP contribution < -0.4 is 10.6 Å². The number of pyridine rings is 2. The van der Waals surface area contributed by atoms with E-state index in [1.165, 1.54) is 44.3 Å². The minimum Gasteiger partial charge on any atom is -0.350 e. The summed E-state index contributed by atoms with van der Waals surface area (Å²) in [5.41, 5.74) is -0.137. The minimum absolute atomic E-state index is 0.00834. The van der Waals surface area contributed by atoms with Crippen molar-refractivity contribution in [1.82, 2.24) is 24.4 Å². The highest BCUT2D eigenvalue weighted by atomic mass is 35.5. The van der Waals surface area contributed by atoms with E-state index in [1.54, 1.807) is 30.0 Å². The Balaban J connectivity index is 1.85. The summed E-state index contributed by atoms with van der Waals surface area (Å²) in [5.74, 6) is -0.514. The Morgan fingerprint density at radius 3 is 2.56 bits per heavy atom. The number of anilines is 1. The summed E-state index contributed by atoms with van der Waals surface area (Å²) in [6, 6.07) is 8.84. The number of carbonyl (C=O) groups is 1. The monoisotopic (exact) mass is 624 g/mol. The van der Waals surface area contributed by atoms with Gasteiger partial charge in [0, 0.05) is 37.4 Å². The maximum Gasteiger partial charge on any atom is 0.355 e. The van der Waals surface area contributed by atoms with Crippen LogP contribution in [0.1, 0.15) is 26.3 Å². The fourth-order valence-electron chi connectivity index (χ4n) is 5.20. The summed E-state index contributed by atoms with van der Waals surface area (Å²) >= 11 is 6.72.